The van der Waals surface area contributed by atoms with Crippen LogP contribution in [0.3, 0.4) is 0 Å². The van der Waals surface area contributed by atoms with Crippen LogP contribution in [0.4, 0.5) is 4.39 Å². The van der Waals surface area contributed by atoms with Gasteiger partial charge in [0, 0.05) is 19.6 Å². The highest BCUT2D eigenvalue weighted by Gasteiger charge is 2.21. The van der Waals surface area contributed by atoms with E-state index < -0.39 is 5.97 Å². The molecule has 3 nitrogen and oxygen atoms in total. The van der Waals surface area contributed by atoms with Crippen molar-refractivity contribution < 1.29 is 14.3 Å². The van der Waals surface area contributed by atoms with Gasteiger partial charge in [-0.15, -0.1) is 0 Å². The first-order valence-electron chi connectivity index (χ1n) is 6.94. The van der Waals surface area contributed by atoms with Gasteiger partial charge in [0.2, 0.25) is 0 Å². The van der Waals surface area contributed by atoms with Gasteiger partial charge >= 0.3 is 5.97 Å². The van der Waals surface area contributed by atoms with E-state index in [2.05, 4.69) is 4.90 Å². The molecule has 1 heterocycles. The van der Waals surface area contributed by atoms with E-state index in [-0.39, 0.29) is 5.82 Å². The number of nitrogens with zero attached hydrogens (tertiary/aromatic N) is 1. The van der Waals surface area contributed by atoms with Crippen molar-refractivity contribution in [2.24, 2.45) is 0 Å². The van der Waals surface area contributed by atoms with Gasteiger partial charge in [-0.05, 0) is 41.3 Å². The number of carbonyl (C=O) groups is 1. The summed E-state index contributed by atoms with van der Waals surface area (Å²) >= 11 is 0. The summed E-state index contributed by atoms with van der Waals surface area (Å²) in [6.07, 6.45) is 0.715. The summed E-state index contributed by atoms with van der Waals surface area (Å²) in [5.74, 6) is -1.09. The van der Waals surface area contributed by atoms with E-state index in [4.69, 9.17) is 0 Å². The van der Waals surface area contributed by atoms with Crippen LogP contribution in [0.1, 0.15) is 27.0 Å². The van der Waals surface area contributed by atoms with E-state index in [1.54, 1.807) is 24.3 Å². The van der Waals surface area contributed by atoms with Crippen molar-refractivity contribution in [2.45, 2.75) is 19.5 Å². The molecule has 1 N–H and O–H groups in total. The zero-order valence-electron chi connectivity index (χ0n) is 11.6. The van der Waals surface area contributed by atoms with Crippen LogP contribution in [0.15, 0.2) is 42.5 Å². The molecule has 0 aromatic heterocycles. The molecule has 0 saturated carbocycles. The minimum Gasteiger partial charge on any atom is -0.478 e. The Kier molecular flexibility index (Phi) is 3.71. The van der Waals surface area contributed by atoms with Crippen molar-refractivity contribution in [3.05, 3.63) is 70.5 Å². The number of hydrogen-bond donors (Lipinski definition) is 1. The molecule has 0 spiro atoms. The number of benzene rings is 2. The lowest BCUT2D eigenvalue weighted by Gasteiger charge is -2.29. The molecule has 0 amide bonds. The monoisotopic (exact) mass is 285 g/mol. The van der Waals surface area contributed by atoms with Crippen LogP contribution in [-0.4, -0.2) is 22.5 Å². The fraction of sp³-hybridized carbons (Fsp3) is 0.235. The lowest BCUT2D eigenvalue weighted by Crippen LogP contribution is -2.31. The molecule has 0 radical (unpaired) electrons. The molecule has 0 unspecified atom stereocenters. The van der Waals surface area contributed by atoms with Gasteiger partial charge < -0.3 is 5.11 Å². The van der Waals surface area contributed by atoms with Crippen LogP contribution in [0.5, 0.6) is 0 Å². The van der Waals surface area contributed by atoms with E-state index in [9.17, 15) is 14.3 Å². The molecule has 0 fully saturated rings. The second kappa shape index (κ2) is 5.66. The molecule has 108 valence electrons. The summed E-state index contributed by atoms with van der Waals surface area (Å²) in [5.41, 5.74) is 3.32. The predicted molar refractivity (Wildman–Crippen MR) is 77.6 cm³/mol. The Labute approximate surface area is 122 Å². The first-order chi connectivity index (χ1) is 10.1. The van der Waals surface area contributed by atoms with Crippen molar-refractivity contribution in [2.75, 3.05) is 6.54 Å². The molecular formula is C17H16FNO2. The number of hydrogen-bond acceptors (Lipinski definition) is 2. The molecular weight excluding hydrogens is 269 g/mol. The predicted octanol–water partition coefficient (Wildman–Crippen LogP) is 3.08. The molecule has 0 aliphatic carbocycles. The molecule has 0 bridgehead atoms. The van der Waals surface area contributed by atoms with Crippen LogP contribution in [0.2, 0.25) is 0 Å². The van der Waals surface area contributed by atoms with Gasteiger partial charge in [-0.25, -0.2) is 9.18 Å². The highest BCUT2D eigenvalue weighted by Crippen LogP contribution is 2.24. The third kappa shape index (κ3) is 2.95. The molecule has 21 heavy (non-hydrogen) atoms. The summed E-state index contributed by atoms with van der Waals surface area (Å²) < 4.78 is 13.2. The third-order valence-corrected chi connectivity index (χ3v) is 3.87. The van der Waals surface area contributed by atoms with Gasteiger partial charge in [0.25, 0.3) is 0 Å². The SMILES string of the molecule is O=C(O)c1cccc2c1CCN(Cc1cccc(F)c1)C2. The van der Waals surface area contributed by atoms with Crippen molar-refractivity contribution in [3.63, 3.8) is 0 Å². The van der Waals surface area contributed by atoms with Crippen molar-refractivity contribution in [1.82, 2.24) is 4.90 Å². The Bertz CT molecular complexity index is 684. The van der Waals surface area contributed by atoms with Crippen molar-refractivity contribution in [1.29, 1.82) is 0 Å². The maximum atomic E-state index is 13.2. The second-order valence-electron chi connectivity index (χ2n) is 5.34. The quantitative estimate of drug-likeness (QED) is 0.942. The highest BCUT2D eigenvalue weighted by molar-refractivity contribution is 5.89. The van der Waals surface area contributed by atoms with E-state index in [1.807, 2.05) is 12.1 Å². The standard InChI is InChI=1S/C17H16FNO2/c18-14-5-1-3-12(9-14)10-19-8-7-15-13(11-19)4-2-6-16(15)17(20)21/h1-6,9H,7-8,10-11H2,(H,20,21). The summed E-state index contributed by atoms with van der Waals surface area (Å²) in [4.78, 5) is 13.4. The fourth-order valence-electron chi connectivity index (χ4n) is 2.90. The Morgan fingerprint density at radius 3 is 2.81 bits per heavy atom. The van der Waals surface area contributed by atoms with E-state index in [0.717, 1.165) is 23.2 Å². The van der Waals surface area contributed by atoms with Crippen molar-refractivity contribution >= 4 is 5.97 Å². The van der Waals surface area contributed by atoms with Gasteiger partial charge in [-0.1, -0.05) is 24.3 Å². The number of aromatic carboxylic acids is 1. The first-order valence-corrected chi connectivity index (χ1v) is 6.94. The number of halogens is 1. The molecule has 2 aromatic carbocycles. The lowest BCUT2D eigenvalue weighted by atomic mass is 9.94. The van der Waals surface area contributed by atoms with E-state index in [0.29, 0.717) is 25.1 Å². The normalized spacial score (nSPS) is 14.7. The second-order valence-corrected chi connectivity index (χ2v) is 5.34. The number of fused-ring (bicyclic) bond motifs is 1. The topological polar surface area (TPSA) is 40.5 Å². The zero-order valence-corrected chi connectivity index (χ0v) is 11.6. The molecule has 1 aliphatic rings. The van der Waals surface area contributed by atoms with Crippen LogP contribution < -0.4 is 0 Å². The molecule has 2 aromatic rings. The Hall–Kier alpha value is -2.20. The minimum absolute atomic E-state index is 0.224. The molecule has 3 rings (SSSR count). The van der Waals surface area contributed by atoms with Gasteiger partial charge in [-0.2, -0.15) is 0 Å². The summed E-state index contributed by atoms with van der Waals surface area (Å²) in [6.45, 7) is 2.16. The van der Waals surface area contributed by atoms with Gasteiger partial charge in [0.05, 0.1) is 5.56 Å². The maximum Gasteiger partial charge on any atom is 0.335 e. The summed E-state index contributed by atoms with van der Waals surface area (Å²) in [6, 6.07) is 12.0. The maximum absolute atomic E-state index is 13.2. The van der Waals surface area contributed by atoms with Crippen LogP contribution in [0, 0.1) is 5.82 Å². The average Bonchev–Trinajstić information content (AvgIpc) is 2.46. The van der Waals surface area contributed by atoms with Crippen LogP contribution >= 0.6 is 0 Å². The molecule has 0 saturated heterocycles. The number of carboxylic acids is 1. The lowest BCUT2D eigenvalue weighted by molar-refractivity contribution is 0.0694. The minimum atomic E-state index is -0.870. The van der Waals surface area contributed by atoms with Gasteiger partial charge in [0.1, 0.15) is 5.82 Å². The Balaban J connectivity index is 1.79. The molecule has 4 heteroatoms. The summed E-state index contributed by atoms with van der Waals surface area (Å²) in [7, 11) is 0. The number of carboxylic acid groups (broad SMARTS) is 1. The fourth-order valence-corrected chi connectivity index (χ4v) is 2.90. The zero-order chi connectivity index (χ0) is 14.8. The third-order valence-electron chi connectivity index (χ3n) is 3.87. The first kappa shape index (κ1) is 13.8. The smallest absolute Gasteiger partial charge is 0.335 e. The summed E-state index contributed by atoms with van der Waals surface area (Å²) in [5, 5.41) is 9.22. The van der Waals surface area contributed by atoms with Crippen molar-refractivity contribution in [3.8, 4) is 0 Å². The number of rotatable bonds is 3. The molecule has 0 atom stereocenters. The van der Waals surface area contributed by atoms with Crippen LogP contribution in [-0.2, 0) is 19.5 Å². The Morgan fingerprint density at radius 2 is 2.05 bits per heavy atom. The van der Waals surface area contributed by atoms with Crippen LogP contribution in [0.25, 0.3) is 0 Å². The Morgan fingerprint density at radius 1 is 1.24 bits per heavy atom. The average molecular weight is 285 g/mol. The van der Waals surface area contributed by atoms with E-state index >= 15 is 0 Å². The van der Waals surface area contributed by atoms with E-state index in [1.165, 1.54) is 6.07 Å². The highest BCUT2D eigenvalue weighted by atomic mass is 19.1. The molecule has 1 aliphatic heterocycles. The van der Waals surface area contributed by atoms with Gasteiger partial charge in [0.15, 0.2) is 0 Å². The largest absolute Gasteiger partial charge is 0.478 e. The van der Waals surface area contributed by atoms with Gasteiger partial charge in [-0.3, -0.25) is 4.90 Å².